The van der Waals surface area contributed by atoms with E-state index in [4.69, 9.17) is 5.73 Å². The van der Waals surface area contributed by atoms with Crippen LogP contribution in [-0.2, 0) is 18.4 Å². The van der Waals surface area contributed by atoms with E-state index in [1.807, 2.05) is 0 Å². The highest BCUT2D eigenvalue weighted by molar-refractivity contribution is 5.86. The fraction of sp³-hybridized carbons (Fsp3) is 0.667. The van der Waals surface area contributed by atoms with E-state index in [0.29, 0.717) is 12.4 Å². The van der Waals surface area contributed by atoms with Crippen LogP contribution in [0.5, 0.6) is 0 Å². The maximum absolute atomic E-state index is 11.6. The van der Waals surface area contributed by atoms with E-state index >= 15 is 0 Å². The molecule has 1 amide bonds. The molecule has 6 heteroatoms. The Morgan fingerprint density at radius 2 is 2.47 bits per heavy atom. The van der Waals surface area contributed by atoms with E-state index in [1.54, 1.807) is 18.1 Å². The predicted molar refractivity (Wildman–Crippen MR) is 53.6 cm³/mol. The minimum atomic E-state index is -0.644. The van der Waals surface area contributed by atoms with Crippen LogP contribution >= 0.6 is 0 Å². The molecule has 0 aliphatic heterocycles. The summed E-state index contributed by atoms with van der Waals surface area (Å²) in [5.41, 5.74) is 5.21. The average molecular weight is 209 g/mol. The number of rotatable bonds is 3. The van der Waals surface area contributed by atoms with E-state index in [9.17, 15) is 4.79 Å². The summed E-state index contributed by atoms with van der Waals surface area (Å²) in [6, 6.07) is 0. The molecule has 3 N–H and O–H groups in total. The van der Waals surface area contributed by atoms with Crippen LogP contribution in [0.2, 0.25) is 0 Å². The Labute approximate surface area is 87.9 Å². The second-order valence-electron chi connectivity index (χ2n) is 4.03. The van der Waals surface area contributed by atoms with Gasteiger partial charge in [-0.05, 0) is 19.3 Å². The Morgan fingerprint density at radius 3 is 2.93 bits per heavy atom. The van der Waals surface area contributed by atoms with E-state index in [-0.39, 0.29) is 5.91 Å². The summed E-state index contributed by atoms with van der Waals surface area (Å²) in [6.45, 7) is 0.346. The maximum atomic E-state index is 11.6. The highest BCUT2D eigenvalue weighted by Gasteiger charge is 2.39. The molecule has 1 aliphatic rings. The molecule has 1 heterocycles. The van der Waals surface area contributed by atoms with E-state index < -0.39 is 5.54 Å². The van der Waals surface area contributed by atoms with Gasteiger partial charge in [-0.15, -0.1) is 0 Å². The smallest absolute Gasteiger partial charge is 0.240 e. The van der Waals surface area contributed by atoms with Crippen molar-refractivity contribution in [3.63, 3.8) is 0 Å². The van der Waals surface area contributed by atoms with Crippen molar-refractivity contribution in [1.82, 2.24) is 20.1 Å². The molecular weight excluding hydrogens is 194 g/mol. The zero-order chi connectivity index (χ0) is 10.9. The molecule has 82 valence electrons. The van der Waals surface area contributed by atoms with Crippen molar-refractivity contribution in [3.05, 3.63) is 12.2 Å². The third kappa shape index (κ3) is 1.99. The Morgan fingerprint density at radius 1 is 1.73 bits per heavy atom. The molecule has 6 nitrogen and oxygen atoms in total. The van der Waals surface area contributed by atoms with Gasteiger partial charge < -0.3 is 11.1 Å². The maximum Gasteiger partial charge on any atom is 0.240 e. The Balaban J connectivity index is 1.85. The van der Waals surface area contributed by atoms with E-state index in [2.05, 4.69) is 15.4 Å². The van der Waals surface area contributed by atoms with Gasteiger partial charge in [0.15, 0.2) is 5.82 Å². The van der Waals surface area contributed by atoms with Crippen LogP contribution in [0, 0.1) is 0 Å². The first-order chi connectivity index (χ1) is 7.10. The lowest BCUT2D eigenvalue weighted by Gasteiger charge is -2.35. The zero-order valence-electron chi connectivity index (χ0n) is 8.73. The first kappa shape index (κ1) is 10.1. The molecule has 15 heavy (non-hydrogen) atoms. The molecule has 1 aromatic rings. The van der Waals surface area contributed by atoms with Gasteiger partial charge in [-0.25, -0.2) is 4.98 Å². The first-order valence-electron chi connectivity index (χ1n) is 5.02. The number of carbonyl (C=O) groups is 1. The number of carbonyl (C=O) groups excluding carboxylic acids is 1. The number of nitrogens with zero attached hydrogens (tertiary/aromatic N) is 3. The first-order valence-corrected chi connectivity index (χ1v) is 5.02. The predicted octanol–water partition coefficient (Wildman–Crippen LogP) is -0.687. The van der Waals surface area contributed by atoms with Crippen LogP contribution in [0.3, 0.4) is 0 Å². The summed E-state index contributed by atoms with van der Waals surface area (Å²) in [5.74, 6) is 0.509. The van der Waals surface area contributed by atoms with Crippen LogP contribution in [0.1, 0.15) is 25.1 Å². The number of hydrogen-bond donors (Lipinski definition) is 2. The molecule has 0 bridgehead atoms. The Kier molecular flexibility index (Phi) is 2.44. The van der Waals surface area contributed by atoms with Crippen LogP contribution in [0.4, 0.5) is 0 Å². The van der Waals surface area contributed by atoms with Gasteiger partial charge in [0, 0.05) is 7.05 Å². The topological polar surface area (TPSA) is 85.8 Å². The van der Waals surface area contributed by atoms with E-state index in [1.165, 1.54) is 0 Å². The van der Waals surface area contributed by atoms with Gasteiger partial charge in [0.25, 0.3) is 0 Å². The van der Waals surface area contributed by atoms with Crippen LogP contribution < -0.4 is 11.1 Å². The molecule has 0 aromatic carbocycles. The van der Waals surface area contributed by atoms with Crippen molar-refractivity contribution in [2.45, 2.75) is 31.3 Å². The standard InChI is InChI=1S/C9H15N5O/c1-14-6-12-7(13-14)5-11-8(15)9(10)3-2-4-9/h6H,2-5,10H2,1H3,(H,11,15). The molecule has 0 radical (unpaired) electrons. The normalized spacial score (nSPS) is 18.3. The molecule has 0 atom stereocenters. The average Bonchev–Trinajstić information content (AvgIpc) is 2.57. The van der Waals surface area contributed by atoms with Crippen LogP contribution in [-0.4, -0.2) is 26.2 Å². The Bertz CT molecular complexity index is 368. The van der Waals surface area contributed by atoms with Gasteiger partial charge >= 0.3 is 0 Å². The van der Waals surface area contributed by atoms with Gasteiger partial charge in [0.05, 0.1) is 12.1 Å². The number of nitrogens with two attached hydrogens (primary N) is 1. The molecule has 2 rings (SSSR count). The molecule has 0 saturated heterocycles. The minimum Gasteiger partial charge on any atom is -0.347 e. The molecular formula is C9H15N5O. The van der Waals surface area contributed by atoms with E-state index in [0.717, 1.165) is 19.3 Å². The summed E-state index contributed by atoms with van der Waals surface area (Å²) in [7, 11) is 1.79. The third-order valence-electron chi connectivity index (χ3n) is 2.75. The van der Waals surface area contributed by atoms with Gasteiger partial charge in [-0.1, -0.05) is 0 Å². The van der Waals surface area contributed by atoms with Crippen molar-refractivity contribution in [2.24, 2.45) is 12.8 Å². The SMILES string of the molecule is Cn1cnc(CNC(=O)C2(N)CCC2)n1. The lowest BCUT2D eigenvalue weighted by atomic mass is 9.77. The van der Waals surface area contributed by atoms with Crippen molar-refractivity contribution >= 4 is 5.91 Å². The fourth-order valence-corrected chi connectivity index (χ4v) is 1.59. The number of nitrogens with one attached hydrogen (secondary N) is 1. The van der Waals surface area contributed by atoms with Gasteiger partial charge in [-0.2, -0.15) is 5.10 Å². The second kappa shape index (κ2) is 3.62. The number of hydrogen-bond acceptors (Lipinski definition) is 4. The third-order valence-corrected chi connectivity index (χ3v) is 2.75. The molecule has 1 aliphatic carbocycles. The van der Waals surface area contributed by atoms with Crippen LogP contribution in [0.15, 0.2) is 6.33 Å². The highest BCUT2D eigenvalue weighted by Crippen LogP contribution is 2.28. The lowest BCUT2D eigenvalue weighted by molar-refractivity contribution is -0.129. The fourth-order valence-electron chi connectivity index (χ4n) is 1.59. The summed E-state index contributed by atoms with van der Waals surface area (Å²) >= 11 is 0. The van der Waals surface area contributed by atoms with Gasteiger partial charge in [-0.3, -0.25) is 9.48 Å². The summed E-state index contributed by atoms with van der Waals surface area (Å²) in [6.07, 6.45) is 4.18. The second-order valence-corrected chi connectivity index (χ2v) is 4.03. The van der Waals surface area contributed by atoms with Crippen molar-refractivity contribution < 1.29 is 4.79 Å². The molecule has 0 unspecified atom stereocenters. The molecule has 0 spiro atoms. The number of aromatic nitrogens is 3. The quantitative estimate of drug-likeness (QED) is 0.690. The van der Waals surface area contributed by atoms with Crippen molar-refractivity contribution in [3.8, 4) is 0 Å². The summed E-state index contributed by atoms with van der Waals surface area (Å²) in [4.78, 5) is 15.6. The van der Waals surface area contributed by atoms with Crippen molar-refractivity contribution in [2.75, 3.05) is 0 Å². The number of aryl methyl sites for hydroxylation is 1. The molecule has 1 aromatic heterocycles. The highest BCUT2D eigenvalue weighted by atomic mass is 16.2. The molecule has 1 fully saturated rings. The summed E-state index contributed by atoms with van der Waals surface area (Å²) in [5, 5.41) is 6.81. The Hall–Kier alpha value is -1.43. The summed E-state index contributed by atoms with van der Waals surface area (Å²) < 4.78 is 1.60. The van der Waals surface area contributed by atoms with Crippen molar-refractivity contribution in [1.29, 1.82) is 0 Å². The molecule has 1 saturated carbocycles. The minimum absolute atomic E-state index is 0.0961. The zero-order valence-corrected chi connectivity index (χ0v) is 8.73. The number of amides is 1. The van der Waals surface area contributed by atoms with Crippen LogP contribution in [0.25, 0.3) is 0 Å². The largest absolute Gasteiger partial charge is 0.347 e. The van der Waals surface area contributed by atoms with Gasteiger partial charge in [0.1, 0.15) is 6.33 Å². The lowest BCUT2D eigenvalue weighted by Crippen LogP contribution is -2.58. The van der Waals surface area contributed by atoms with Gasteiger partial charge in [0.2, 0.25) is 5.91 Å². The monoisotopic (exact) mass is 209 g/mol.